The van der Waals surface area contributed by atoms with E-state index in [0.29, 0.717) is 17.9 Å². The van der Waals surface area contributed by atoms with Crippen molar-refractivity contribution in [3.05, 3.63) is 24.3 Å². The third-order valence-electron chi connectivity index (χ3n) is 3.27. The highest BCUT2D eigenvalue weighted by atomic mass is 16.5. The molecule has 0 radical (unpaired) electrons. The minimum Gasteiger partial charge on any atom is -0.497 e. The van der Waals surface area contributed by atoms with Gasteiger partial charge in [-0.3, -0.25) is 4.79 Å². The molecule has 0 aliphatic carbocycles. The lowest BCUT2D eigenvalue weighted by atomic mass is 9.98. The van der Waals surface area contributed by atoms with Crippen molar-refractivity contribution >= 4 is 17.6 Å². The SMILES string of the molecule is COc1cccc(N2C(=O)CC(C(C)C)NC2=O)c1. The summed E-state index contributed by atoms with van der Waals surface area (Å²) >= 11 is 0. The summed E-state index contributed by atoms with van der Waals surface area (Å²) in [4.78, 5) is 25.4. The lowest BCUT2D eigenvalue weighted by Crippen LogP contribution is -2.56. The Balaban J connectivity index is 2.25. The summed E-state index contributed by atoms with van der Waals surface area (Å²) in [7, 11) is 1.55. The van der Waals surface area contributed by atoms with Gasteiger partial charge in [-0.05, 0) is 18.1 Å². The number of nitrogens with one attached hydrogen (secondary N) is 1. The van der Waals surface area contributed by atoms with Gasteiger partial charge in [0.05, 0.1) is 12.8 Å². The van der Waals surface area contributed by atoms with E-state index in [0.717, 1.165) is 0 Å². The monoisotopic (exact) mass is 262 g/mol. The van der Waals surface area contributed by atoms with Crippen LogP contribution in [0.2, 0.25) is 0 Å². The standard InChI is InChI=1S/C14H18N2O3/c1-9(2)12-8-13(17)16(14(18)15-12)10-5-4-6-11(7-10)19-3/h4-7,9,12H,8H2,1-3H3,(H,15,18). The average Bonchev–Trinajstić information content (AvgIpc) is 2.38. The fourth-order valence-corrected chi connectivity index (χ4v) is 2.08. The number of ether oxygens (including phenoxy) is 1. The molecule has 5 heteroatoms. The number of amides is 3. The van der Waals surface area contributed by atoms with E-state index < -0.39 is 0 Å². The molecule has 1 saturated heterocycles. The number of methoxy groups -OCH3 is 1. The molecular weight excluding hydrogens is 244 g/mol. The molecule has 1 fully saturated rings. The Bertz CT molecular complexity index is 481. The Morgan fingerprint density at radius 2 is 2.11 bits per heavy atom. The molecule has 1 aromatic rings. The Labute approximate surface area is 112 Å². The summed E-state index contributed by atoms with van der Waals surface area (Å²) in [6.45, 7) is 3.97. The summed E-state index contributed by atoms with van der Waals surface area (Å²) < 4.78 is 5.11. The topological polar surface area (TPSA) is 58.6 Å². The van der Waals surface area contributed by atoms with Crippen LogP contribution in [-0.4, -0.2) is 25.1 Å². The quantitative estimate of drug-likeness (QED) is 0.908. The summed E-state index contributed by atoms with van der Waals surface area (Å²) in [5.41, 5.74) is 0.532. The molecule has 1 atom stereocenters. The molecule has 1 aliphatic heterocycles. The van der Waals surface area contributed by atoms with Crippen LogP contribution in [0, 0.1) is 5.92 Å². The van der Waals surface area contributed by atoms with Gasteiger partial charge in [0, 0.05) is 18.5 Å². The summed E-state index contributed by atoms with van der Waals surface area (Å²) in [6, 6.07) is 6.45. The number of imide groups is 1. The molecule has 1 N–H and O–H groups in total. The van der Waals surface area contributed by atoms with Gasteiger partial charge in [-0.2, -0.15) is 0 Å². The second-order valence-corrected chi connectivity index (χ2v) is 4.93. The van der Waals surface area contributed by atoms with Crippen molar-refractivity contribution in [3.8, 4) is 5.75 Å². The summed E-state index contributed by atoms with van der Waals surface area (Å²) in [5, 5.41) is 2.86. The first kappa shape index (κ1) is 13.4. The molecule has 1 aromatic carbocycles. The van der Waals surface area contributed by atoms with Crippen LogP contribution in [0.1, 0.15) is 20.3 Å². The van der Waals surface area contributed by atoms with E-state index in [4.69, 9.17) is 4.74 Å². The van der Waals surface area contributed by atoms with Gasteiger partial charge in [-0.15, -0.1) is 0 Å². The number of carbonyl (C=O) groups is 2. The Kier molecular flexibility index (Phi) is 3.74. The Morgan fingerprint density at radius 3 is 2.68 bits per heavy atom. The first-order chi connectivity index (χ1) is 9.02. The van der Waals surface area contributed by atoms with Crippen LogP contribution in [0.15, 0.2) is 24.3 Å². The third kappa shape index (κ3) is 2.70. The van der Waals surface area contributed by atoms with Gasteiger partial charge >= 0.3 is 6.03 Å². The zero-order valence-corrected chi connectivity index (χ0v) is 11.3. The number of benzene rings is 1. The second-order valence-electron chi connectivity index (χ2n) is 4.93. The van der Waals surface area contributed by atoms with E-state index in [9.17, 15) is 9.59 Å². The first-order valence-electron chi connectivity index (χ1n) is 6.30. The van der Waals surface area contributed by atoms with Gasteiger partial charge in [0.1, 0.15) is 5.75 Å². The molecule has 0 aromatic heterocycles. The molecule has 0 spiro atoms. The second kappa shape index (κ2) is 5.30. The molecule has 0 bridgehead atoms. The number of nitrogens with zero attached hydrogens (tertiary/aromatic N) is 1. The largest absolute Gasteiger partial charge is 0.497 e. The van der Waals surface area contributed by atoms with Gasteiger partial charge < -0.3 is 10.1 Å². The van der Waals surface area contributed by atoms with Crippen LogP contribution >= 0.6 is 0 Å². The molecule has 0 saturated carbocycles. The van der Waals surface area contributed by atoms with Crippen molar-refractivity contribution in [3.63, 3.8) is 0 Å². The number of hydrogen-bond acceptors (Lipinski definition) is 3. The zero-order chi connectivity index (χ0) is 14.0. The highest BCUT2D eigenvalue weighted by molar-refractivity contribution is 6.16. The van der Waals surface area contributed by atoms with Crippen molar-refractivity contribution < 1.29 is 14.3 Å². The Hall–Kier alpha value is -2.04. The van der Waals surface area contributed by atoms with E-state index in [1.807, 2.05) is 13.8 Å². The average molecular weight is 262 g/mol. The number of urea groups is 1. The molecule has 1 aliphatic rings. The van der Waals surface area contributed by atoms with Crippen LogP contribution in [0.3, 0.4) is 0 Å². The molecule has 2 rings (SSSR count). The number of anilines is 1. The predicted molar refractivity (Wildman–Crippen MR) is 72.3 cm³/mol. The van der Waals surface area contributed by atoms with Crippen LogP contribution < -0.4 is 15.0 Å². The van der Waals surface area contributed by atoms with Crippen molar-refractivity contribution in [2.75, 3.05) is 12.0 Å². The summed E-state index contributed by atoms with van der Waals surface area (Å²) in [6.07, 6.45) is 0.320. The minimum absolute atomic E-state index is 0.0955. The maximum atomic E-state index is 12.1. The van der Waals surface area contributed by atoms with Crippen molar-refractivity contribution in [2.24, 2.45) is 5.92 Å². The Morgan fingerprint density at radius 1 is 1.37 bits per heavy atom. The van der Waals surface area contributed by atoms with Crippen LogP contribution in [0.25, 0.3) is 0 Å². The van der Waals surface area contributed by atoms with Gasteiger partial charge in [0.15, 0.2) is 0 Å². The maximum absolute atomic E-state index is 12.1. The number of rotatable bonds is 3. The number of hydrogen-bond donors (Lipinski definition) is 1. The lowest BCUT2D eigenvalue weighted by molar-refractivity contribution is -0.119. The van der Waals surface area contributed by atoms with Gasteiger partial charge in [-0.25, -0.2) is 9.69 Å². The molecule has 102 valence electrons. The molecule has 5 nitrogen and oxygen atoms in total. The van der Waals surface area contributed by atoms with Crippen molar-refractivity contribution in [1.29, 1.82) is 0 Å². The molecule has 3 amide bonds. The molecule has 1 heterocycles. The lowest BCUT2D eigenvalue weighted by Gasteiger charge is -2.33. The molecule has 1 unspecified atom stereocenters. The van der Waals surface area contributed by atoms with E-state index in [1.165, 1.54) is 4.90 Å². The zero-order valence-electron chi connectivity index (χ0n) is 11.3. The highest BCUT2D eigenvalue weighted by Gasteiger charge is 2.34. The van der Waals surface area contributed by atoms with Crippen LogP contribution in [0.4, 0.5) is 10.5 Å². The molecule has 19 heavy (non-hydrogen) atoms. The van der Waals surface area contributed by atoms with Crippen LogP contribution in [-0.2, 0) is 4.79 Å². The van der Waals surface area contributed by atoms with E-state index in [1.54, 1.807) is 31.4 Å². The van der Waals surface area contributed by atoms with E-state index in [-0.39, 0.29) is 23.9 Å². The fourth-order valence-electron chi connectivity index (χ4n) is 2.08. The predicted octanol–water partition coefficient (Wildman–Crippen LogP) is 2.17. The minimum atomic E-state index is -0.372. The maximum Gasteiger partial charge on any atom is 0.328 e. The van der Waals surface area contributed by atoms with Gasteiger partial charge in [0.2, 0.25) is 5.91 Å². The third-order valence-corrected chi connectivity index (χ3v) is 3.27. The highest BCUT2D eigenvalue weighted by Crippen LogP contribution is 2.25. The van der Waals surface area contributed by atoms with Crippen LogP contribution in [0.5, 0.6) is 5.75 Å². The fraction of sp³-hybridized carbons (Fsp3) is 0.429. The smallest absolute Gasteiger partial charge is 0.328 e. The molecular formula is C14H18N2O3. The number of carbonyl (C=O) groups excluding carboxylic acids is 2. The van der Waals surface area contributed by atoms with Crippen molar-refractivity contribution in [2.45, 2.75) is 26.3 Å². The van der Waals surface area contributed by atoms with Crippen molar-refractivity contribution in [1.82, 2.24) is 5.32 Å². The normalized spacial score (nSPS) is 19.6. The summed E-state index contributed by atoms with van der Waals surface area (Å²) in [5.74, 6) is 0.667. The first-order valence-corrected chi connectivity index (χ1v) is 6.30. The van der Waals surface area contributed by atoms with E-state index in [2.05, 4.69) is 5.32 Å². The van der Waals surface area contributed by atoms with Gasteiger partial charge in [-0.1, -0.05) is 19.9 Å². The van der Waals surface area contributed by atoms with E-state index >= 15 is 0 Å². The van der Waals surface area contributed by atoms with Gasteiger partial charge in [0.25, 0.3) is 0 Å².